The molecule has 0 N–H and O–H groups in total. The highest BCUT2D eigenvalue weighted by atomic mass is 19.4. The number of benzene rings is 3. The van der Waals surface area contributed by atoms with E-state index < -0.39 is 23.8 Å². The van der Waals surface area contributed by atoms with Gasteiger partial charge in [0.2, 0.25) is 0 Å². The molecular formula is C28H26F3NO6. The molecule has 1 aliphatic heterocycles. The Morgan fingerprint density at radius 2 is 1.74 bits per heavy atom. The van der Waals surface area contributed by atoms with Crippen LogP contribution in [0.1, 0.15) is 29.2 Å². The number of ether oxygens (including phenoxy) is 4. The van der Waals surface area contributed by atoms with Crippen molar-refractivity contribution in [2.45, 2.75) is 32.7 Å². The van der Waals surface area contributed by atoms with Crippen LogP contribution in [0, 0.1) is 0 Å². The van der Waals surface area contributed by atoms with E-state index >= 15 is 0 Å². The van der Waals surface area contributed by atoms with Crippen molar-refractivity contribution in [3.05, 3.63) is 89.0 Å². The van der Waals surface area contributed by atoms with Crippen LogP contribution in [0.5, 0.6) is 17.2 Å². The Morgan fingerprint density at radius 1 is 0.974 bits per heavy atom. The number of esters is 1. The van der Waals surface area contributed by atoms with E-state index in [4.69, 9.17) is 18.9 Å². The molecule has 1 heterocycles. The van der Waals surface area contributed by atoms with Gasteiger partial charge in [-0.25, -0.2) is 4.79 Å². The van der Waals surface area contributed by atoms with Gasteiger partial charge in [0.05, 0.1) is 31.7 Å². The van der Waals surface area contributed by atoms with Crippen LogP contribution in [0.25, 0.3) is 0 Å². The van der Waals surface area contributed by atoms with Gasteiger partial charge in [0, 0.05) is 5.56 Å². The second-order valence-electron chi connectivity index (χ2n) is 8.50. The largest absolute Gasteiger partial charge is 0.485 e. The van der Waals surface area contributed by atoms with Crippen LogP contribution < -0.4 is 9.47 Å². The standard InChI is InChI=1S/C28H26F3NO6/c1-2-35-26(33)15-20-8-10-24(37-18-19-6-4-3-5-7-19)25(14-20)38-23-11-9-22(28(29,30)31)16-21(23)17-32-12-13-36-27(32)34/h3-11,14,16H,2,12-13,15,17-18H2,1H3. The Hall–Kier alpha value is -4.21. The topological polar surface area (TPSA) is 74.3 Å². The van der Waals surface area contributed by atoms with E-state index in [9.17, 15) is 22.8 Å². The predicted molar refractivity (Wildman–Crippen MR) is 131 cm³/mol. The van der Waals surface area contributed by atoms with Gasteiger partial charge in [0.15, 0.2) is 11.5 Å². The first-order valence-corrected chi connectivity index (χ1v) is 12.0. The lowest BCUT2D eigenvalue weighted by atomic mass is 10.1. The molecule has 1 aliphatic rings. The SMILES string of the molecule is CCOC(=O)Cc1ccc(OCc2ccccc2)c(Oc2ccc(C(F)(F)F)cc2CN2CCOC2=O)c1. The summed E-state index contributed by atoms with van der Waals surface area (Å²) in [6.07, 6.45) is -5.22. The van der Waals surface area contributed by atoms with Crippen molar-refractivity contribution in [3.8, 4) is 17.2 Å². The highest BCUT2D eigenvalue weighted by molar-refractivity contribution is 5.73. The maximum atomic E-state index is 13.5. The molecule has 3 aromatic carbocycles. The summed E-state index contributed by atoms with van der Waals surface area (Å²) in [5.41, 5.74) is 0.742. The summed E-state index contributed by atoms with van der Waals surface area (Å²) in [7, 11) is 0. The molecule has 0 aliphatic carbocycles. The lowest BCUT2D eigenvalue weighted by Gasteiger charge is -2.20. The third-order valence-electron chi connectivity index (χ3n) is 5.71. The third-order valence-corrected chi connectivity index (χ3v) is 5.71. The highest BCUT2D eigenvalue weighted by Gasteiger charge is 2.32. The van der Waals surface area contributed by atoms with Crippen LogP contribution in [-0.2, 0) is 40.0 Å². The van der Waals surface area contributed by atoms with Crippen LogP contribution in [-0.4, -0.2) is 36.7 Å². The molecule has 1 fully saturated rings. The zero-order valence-electron chi connectivity index (χ0n) is 20.6. The van der Waals surface area contributed by atoms with Crippen molar-refractivity contribution in [2.75, 3.05) is 19.8 Å². The van der Waals surface area contributed by atoms with Crippen molar-refractivity contribution in [2.24, 2.45) is 0 Å². The monoisotopic (exact) mass is 529 g/mol. The molecule has 3 aromatic rings. The van der Waals surface area contributed by atoms with Crippen LogP contribution in [0.15, 0.2) is 66.7 Å². The molecule has 0 bridgehead atoms. The van der Waals surface area contributed by atoms with Crippen molar-refractivity contribution in [3.63, 3.8) is 0 Å². The van der Waals surface area contributed by atoms with Gasteiger partial charge in [0.1, 0.15) is 19.0 Å². The fourth-order valence-electron chi connectivity index (χ4n) is 3.85. The average molecular weight is 530 g/mol. The quantitative estimate of drug-likeness (QED) is 0.294. The summed E-state index contributed by atoms with van der Waals surface area (Å²) >= 11 is 0. The molecule has 0 aromatic heterocycles. The van der Waals surface area contributed by atoms with Crippen molar-refractivity contribution in [1.29, 1.82) is 0 Å². The van der Waals surface area contributed by atoms with Gasteiger partial charge >= 0.3 is 18.2 Å². The molecule has 1 saturated heterocycles. The van der Waals surface area contributed by atoms with Gasteiger partial charge in [-0.1, -0.05) is 36.4 Å². The first kappa shape index (κ1) is 26.8. The second-order valence-corrected chi connectivity index (χ2v) is 8.50. The maximum absolute atomic E-state index is 13.5. The Balaban J connectivity index is 1.67. The molecule has 4 rings (SSSR count). The van der Waals surface area contributed by atoms with E-state index in [1.165, 1.54) is 11.0 Å². The molecule has 10 heteroatoms. The number of hydrogen-bond donors (Lipinski definition) is 0. The number of rotatable bonds is 10. The third kappa shape index (κ3) is 6.96. The first-order chi connectivity index (χ1) is 18.2. The normalized spacial score (nSPS) is 13.3. The summed E-state index contributed by atoms with van der Waals surface area (Å²) in [6.45, 7) is 2.41. The number of carbonyl (C=O) groups is 2. The van der Waals surface area contributed by atoms with Gasteiger partial charge in [-0.3, -0.25) is 4.79 Å². The summed E-state index contributed by atoms with van der Waals surface area (Å²) in [4.78, 5) is 25.3. The number of hydrogen-bond acceptors (Lipinski definition) is 6. The van der Waals surface area contributed by atoms with E-state index in [-0.39, 0.29) is 56.4 Å². The van der Waals surface area contributed by atoms with E-state index in [0.717, 1.165) is 17.7 Å². The number of cyclic esters (lactones) is 1. The van der Waals surface area contributed by atoms with E-state index in [2.05, 4.69) is 0 Å². The van der Waals surface area contributed by atoms with E-state index in [1.807, 2.05) is 30.3 Å². The minimum absolute atomic E-state index is 0.0251. The van der Waals surface area contributed by atoms with Crippen LogP contribution in [0.4, 0.5) is 18.0 Å². The minimum Gasteiger partial charge on any atom is -0.485 e. The summed E-state index contributed by atoms with van der Waals surface area (Å²) in [5, 5.41) is 0. The molecule has 200 valence electrons. The maximum Gasteiger partial charge on any atom is 0.416 e. The van der Waals surface area contributed by atoms with Crippen LogP contribution in [0.3, 0.4) is 0 Å². The molecule has 7 nitrogen and oxygen atoms in total. The number of carbonyl (C=O) groups excluding carboxylic acids is 2. The molecule has 38 heavy (non-hydrogen) atoms. The fraction of sp³-hybridized carbons (Fsp3) is 0.286. The number of amides is 1. The first-order valence-electron chi connectivity index (χ1n) is 12.0. The number of nitrogens with zero attached hydrogens (tertiary/aromatic N) is 1. The lowest BCUT2D eigenvalue weighted by Crippen LogP contribution is -2.24. The van der Waals surface area contributed by atoms with Gasteiger partial charge in [-0.15, -0.1) is 0 Å². The Bertz CT molecular complexity index is 1280. The zero-order valence-corrected chi connectivity index (χ0v) is 20.6. The Morgan fingerprint density at radius 3 is 2.42 bits per heavy atom. The summed E-state index contributed by atoms with van der Waals surface area (Å²) in [6, 6.07) is 17.4. The summed E-state index contributed by atoms with van der Waals surface area (Å²) < 4.78 is 62.4. The van der Waals surface area contributed by atoms with E-state index in [0.29, 0.717) is 11.3 Å². The second kappa shape index (κ2) is 11.9. The molecule has 0 spiro atoms. The molecule has 0 unspecified atom stereocenters. The molecule has 0 radical (unpaired) electrons. The van der Waals surface area contributed by atoms with Crippen molar-refractivity contribution >= 4 is 12.1 Å². The smallest absolute Gasteiger partial charge is 0.416 e. The fourth-order valence-corrected chi connectivity index (χ4v) is 3.85. The van der Waals surface area contributed by atoms with Crippen LogP contribution in [0.2, 0.25) is 0 Å². The average Bonchev–Trinajstić information content (AvgIpc) is 3.28. The van der Waals surface area contributed by atoms with Crippen molar-refractivity contribution < 1.29 is 41.7 Å². The summed E-state index contributed by atoms with van der Waals surface area (Å²) in [5.74, 6) is 0.204. The zero-order chi connectivity index (χ0) is 27.1. The highest BCUT2D eigenvalue weighted by Crippen LogP contribution is 2.38. The van der Waals surface area contributed by atoms with Gasteiger partial charge in [-0.2, -0.15) is 13.2 Å². The van der Waals surface area contributed by atoms with Gasteiger partial charge in [0.25, 0.3) is 0 Å². The molecule has 0 atom stereocenters. The van der Waals surface area contributed by atoms with Crippen LogP contribution >= 0.6 is 0 Å². The van der Waals surface area contributed by atoms with Gasteiger partial charge < -0.3 is 23.8 Å². The van der Waals surface area contributed by atoms with E-state index in [1.54, 1.807) is 25.1 Å². The van der Waals surface area contributed by atoms with Gasteiger partial charge in [-0.05, 0) is 48.4 Å². The molecule has 1 amide bonds. The predicted octanol–water partition coefficient (Wildman–Crippen LogP) is 6.13. The van der Waals surface area contributed by atoms with Crippen molar-refractivity contribution in [1.82, 2.24) is 4.90 Å². The number of alkyl halides is 3. The lowest BCUT2D eigenvalue weighted by molar-refractivity contribution is -0.142. The molecule has 0 saturated carbocycles. The number of halogens is 3. The Kier molecular flexibility index (Phi) is 8.40. The Labute approximate surface area is 217 Å². The molecular weight excluding hydrogens is 503 g/mol. The minimum atomic E-state index is -4.58.